The second-order valence-electron chi connectivity index (χ2n) is 9.55. The van der Waals surface area contributed by atoms with E-state index in [-0.39, 0.29) is 25.5 Å². The summed E-state index contributed by atoms with van der Waals surface area (Å²) in [6, 6.07) is 22.7. The summed E-state index contributed by atoms with van der Waals surface area (Å²) in [6.45, 7) is 1.90. The minimum atomic E-state index is -1.35. The molecule has 3 aromatic carbocycles. The van der Waals surface area contributed by atoms with Crippen LogP contribution in [0.2, 0.25) is 0 Å². The molecule has 0 saturated heterocycles. The predicted octanol–water partition coefficient (Wildman–Crippen LogP) is 4.44. The van der Waals surface area contributed by atoms with Crippen LogP contribution >= 0.6 is 0 Å². The maximum Gasteiger partial charge on any atom is 0.273 e. The number of hydrogen-bond donors (Lipinski definition) is 1. The third kappa shape index (κ3) is 4.95. The molecule has 0 unspecified atom stereocenters. The average molecular weight is 529 g/mol. The summed E-state index contributed by atoms with van der Waals surface area (Å²) >= 11 is 0. The van der Waals surface area contributed by atoms with Crippen LogP contribution in [0.4, 0.5) is 4.39 Å². The molecule has 200 valence electrons. The number of para-hydroxylation sites is 1. The number of nitrogens with zero attached hydrogens (tertiary/aromatic N) is 3. The van der Waals surface area contributed by atoms with Crippen molar-refractivity contribution in [2.45, 2.75) is 32.1 Å². The third-order valence-corrected chi connectivity index (χ3v) is 7.09. The highest BCUT2D eigenvalue weighted by Crippen LogP contribution is 2.32. The fourth-order valence-corrected chi connectivity index (χ4v) is 4.80. The zero-order valence-electron chi connectivity index (χ0n) is 22.0. The Morgan fingerprint density at radius 1 is 1.00 bits per heavy atom. The Bertz CT molecular complexity index is 1520. The van der Waals surface area contributed by atoms with E-state index < -0.39 is 17.3 Å². The summed E-state index contributed by atoms with van der Waals surface area (Å²) in [5, 5.41) is 7.62. The number of halogens is 1. The molecule has 0 fully saturated rings. The van der Waals surface area contributed by atoms with Gasteiger partial charge in [-0.3, -0.25) is 14.3 Å². The Labute approximate surface area is 226 Å². The van der Waals surface area contributed by atoms with Crippen LogP contribution in [0.3, 0.4) is 0 Å². The van der Waals surface area contributed by atoms with E-state index >= 15 is 0 Å². The van der Waals surface area contributed by atoms with Crippen molar-refractivity contribution < 1.29 is 23.5 Å². The van der Waals surface area contributed by atoms with Gasteiger partial charge in [0.2, 0.25) is 5.91 Å². The molecule has 39 heavy (non-hydrogen) atoms. The number of ether oxygens (including phenoxy) is 2. The fraction of sp³-hybridized carbons (Fsp3) is 0.233. The Balaban J connectivity index is 1.50. The van der Waals surface area contributed by atoms with Gasteiger partial charge < -0.3 is 19.7 Å². The van der Waals surface area contributed by atoms with E-state index in [1.165, 1.54) is 11.0 Å². The van der Waals surface area contributed by atoms with E-state index in [4.69, 9.17) is 9.47 Å². The number of fused-ring (bicyclic) bond motifs is 1. The third-order valence-electron chi connectivity index (χ3n) is 7.09. The molecule has 1 aliphatic rings. The SMILES string of the molecule is COc1ccc(-c2cc3n(n2)C[C@](C)(C(=O)NCc2ccccc2OC)N(Cc2ccccc2F)C3=O)cc1. The molecular weight excluding hydrogens is 499 g/mol. The van der Waals surface area contributed by atoms with Crippen LogP contribution in [0, 0.1) is 5.82 Å². The molecule has 0 bridgehead atoms. The van der Waals surface area contributed by atoms with Gasteiger partial charge in [-0.1, -0.05) is 36.4 Å². The maximum absolute atomic E-state index is 14.7. The number of benzene rings is 3. The molecule has 1 aromatic heterocycles. The average Bonchev–Trinajstić information content (AvgIpc) is 3.39. The van der Waals surface area contributed by atoms with E-state index in [0.29, 0.717) is 28.5 Å². The van der Waals surface area contributed by atoms with Crippen LogP contribution in [-0.2, 0) is 24.4 Å². The first-order chi connectivity index (χ1) is 18.8. The Kier molecular flexibility index (Phi) is 7.06. The number of nitrogens with one attached hydrogen (secondary N) is 1. The van der Waals surface area contributed by atoms with E-state index in [1.807, 2.05) is 48.5 Å². The molecule has 9 heteroatoms. The summed E-state index contributed by atoms with van der Waals surface area (Å²) in [7, 11) is 3.16. The molecule has 0 spiro atoms. The van der Waals surface area contributed by atoms with E-state index in [2.05, 4.69) is 10.4 Å². The predicted molar refractivity (Wildman–Crippen MR) is 144 cm³/mol. The lowest BCUT2D eigenvalue weighted by atomic mass is 9.93. The summed E-state index contributed by atoms with van der Waals surface area (Å²) in [5.41, 5.74) is 1.47. The Hall–Kier alpha value is -4.66. The fourth-order valence-electron chi connectivity index (χ4n) is 4.80. The molecular formula is C30H29FN4O4. The lowest BCUT2D eigenvalue weighted by molar-refractivity contribution is -0.133. The quantitative estimate of drug-likeness (QED) is 0.366. The van der Waals surface area contributed by atoms with E-state index in [9.17, 15) is 14.0 Å². The summed E-state index contributed by atoms with van der Waals surface area (Å²) in [5.74, 6) is 0.107. The summed E-state index contributed by atoms with van der Waals surface area (Å²) < 4.78 is 26.9. The van der Waals surface area contributed by atoms with Crippen molar-refractivity contribution in [1.29, 1.82) is 0 Å². The van der Waals surface area contributed by atoms with Crippen LogP contribution in [0.1, 0.15) is 28.5 Å². The number of carbonyl (C=O) groups excluding carboxylic acids is 2. The molecule has 0 saturated carbocycles. The molecule has 2 heterocycles. The molecule has 0 aliphatic carbocycles. The number of methoxy groups -OCH3 is 2. The van der Waals surface area contributed by atoms with Crippen LogP contribution in [0.25, 0.3) is 11.3 Å². The minimum Gasteiger partial charge on any atom is -0.497 e. The number of rotatable bonds is 8. The highest BCUT2D eigenvalue weighted by Gasteiger charge is 2.48. The van der Waals surface area contributed by atoms with Gasteiger partial charge >= 0.3 is 0 Å². The number of amides is 2. The largest absolute Gasteiger partial charge is 0.497 e. The molecule has 1 aliphatic heterocycles. The molecule has 4 aromatic rings. The van der Waals surface area contributed by atoms with Crippen molar-refractivity contribution in [3.8, 4) is 22.8 Å². The molecule has 1 atom stereocenters. The summed E-state index contributed by atoms with van der Waals surface area (Å²) in [4.78, 5) is 29.1. The van der Waals surface area contributed by atoms with E-state index in [0.717, 1.165) is 11.1 Å². The maximum atomic E-state index is 14.7. The number of hydrogen-bond acceptors (Lipinski definition) is 5. The standard InChI is InChI=1S/C30H29FN4O4/c1-30(29(37)32-17-21-8-5-7-11-27(21)39-3)19-35-26(16-25(33-35)20-12-14-23(38-2)15-13-20)28(36)34(30)18-22-9-4-6-10-24(22)31/h4-16H,17-19H2,1-3H3,(H,32,37)/t30-/m1/s1. The topological polar surface area (TPSA) is 85.7 Å². The van der Waals surface area contributed by atoms with Crippen molar-refractivity contribution in [3.63, 3.8) is 0 Å². The first-order valence-corrected chi connectivity index (χ1v) is 12.5. The second kappa shape index (κ2) is 10.6. The van der Waals surface area contributed by atoms with Gasteiger partial charge in [0.1, 0.15) is 28.5 Å². The number of aromatic nitrogens is 2. The van der Waals surface area contributed by atoms with Crippen LogP contribution < -0.4 is 14.8 Å². The highest BCUT2D eigenvalue weighted by molar-refractivity contribution is 6.00. The first-order valence-electron chi connectivity index (χ1n) is 12.5. The van der Waals surface area contributed by atoms with Crippen molar-refractivity contribution in [1.82, 2.24) is 20.0 Å². The highest BCUT2D eigenvalue weighted by atomic mass is 19.1. The lowest BCUT2D eigenvalue weighted by Gasteiger charge is -2.43. The minimum absolute atomic E-state index is 0.0763. The normalized spacial score (nSPS) is 16.5. The number of carbonyl (C=O) groups is 2. The zero-order chi connectivity index (χ0) is 27.6. The molecule has 1 N–H and O–H groups in total. The van der Waals surface area contributed by atoms with Crippen molar-refractivity contribution in [2.24, 2.45) is 0 Å². The van der Waals surface area contributed by atoms with Gasteiger partial charge in [0, 0.05) is 23.2 Å². The van der Waals surface area contributed by atoms with Crippen molar-refractivity contribution in [2.75, 3.05) is 14.2 Å². The van der Waals surface area contributed by atoms with Crippen LogP contribution in [0.5, 0.6) is 11.5 Å². The van der Waals surface area contributed by atoms with Gasteiger partial charge in [0.05, 0.1) is 33.0 Å². The van der Waals surface area contributed by atoms with Crippen molar-refractivity contribution >= 4 is 11.8 Å². The van der Waals surface area contributed by atoms with Crippen molar-refractivity contribution in [3.05, 3.63) is 102 Å². The van der Waals surface area contributed by atoms with Gasteiger partial charge in [-0.25, -0.2) is 4.39 Å². The van der Waals surface area contributed by atoms with Gasteiger partial charge in [-0.15, -0.1) is 0 Å². The Morgan fingerprint density at radius 3 is 2.38 bits per heavy atom. The summed E-state index contributed by atoms with van der Waals surface area (Å²) in [6.07, 6.45) is 0. The van der Waals surface area contributed by atoms with Gasteiger partial charge in [-0.2, -0.15) is 5.10 Å². The lowest BCUT2D eigenvalue weighted by Crippen LogP contribution is -2.63. The molecule has 0 radical (unpaired) electrons. The molecule has 8 nitrogen and oxygen atoms in total. The molecule has 2 amide bonds. The first kappa shape index (κ1) is 26.0. The van der Waals surface area contributed by atoms with Gasteiger partial charge in [0.15, 0.2) is 0 Å². The van der Waals surface area contributed by atoms with E-state index in [1.54, 1.807) is 50.1 Å². The monoisotopic (exact) mass is 528 g/mol. The van der Waals surface area contributed by atoms with Crippen LogP contribution in [0.15, 0.2) is 78.9 Å². The van der Waals surface area contributed by atoms with Gasteiger partial charge in [-0.05, 0) is 49.4 Å². The Morgan fingerprint density at radius 2 is 1.69 bits per heavy atom. The van der Waals surface area contributed by atoms with Gasteiger partial charge in [0.25, 0.3) is 5.91 Å². The second-order valence-corrected chi connectivity index (χ2v) is 9.55. The molecule has 5 rings (SSSR count). The van der Waals surface area contributed by atoms with Crippen LogP contribution in [-0.4, -0.2) is 46.3 Å². The zero-order valence-corrected chi connectivity index (χ0v) is 22.0. The smallest absolute Gasteiger partial charge is 0.273 e.